The molecule has 0 aromatic carbocycles. The summed E-state index contributed by atoms with van der Waals surface area (Å²) in [6, 6.07) is 0. The van der Waals surface area contributed by atoms with Gasteiger partial charge in [-0.25, -0.2) is 0 Å². The summed E-state index contributed by atoms with van der Waals surface area (Å²) in [7, 11) is 0. The number of likely N-dealkylation sites (tertiary alicyclic amines) is 1. The lowest BCUT2D eigenvalue weighted by atomic mass is 9.76. The number of hydrogen-bond donors (Lipinski definition) is 1. The first-order valence-corrected chi connectivity index (χ1v) is 6.19. The van der Waals surface area contributed by atoms with Crippen molar-refractivity contribution in [2.24, 2.45) is 11.3 Å². The summed E-state index contributed by atoms with van der Waals surface area (Å²) in [5.41, 5.74) is -0.644. The molecule has 1 atom stereocenters. The van der Waals surface area contributed by atoms with Gasteiger partial charge in [-0.05, 0) is 18.9 Å². The van der Waals surface area contributed by atoms with Crippen LogP contribution in [0.3, 0.4) is 0 Å². The van der Waals surface area contributed by atoms with E-state index in [4.69, 9.17) is 4.42 Å². The van der Waals surface area contributed by atoms with Gasteiger partial charge >= 0.3 is 5.97 Å². The number of aliphatic carboxylic acids is 1. The van der Waals surface area contributed by atoms with E-state index < -0.39 is 11.4 Å². The molecule has 1 aromatic rings. The first-order chi connectivity index (χ1) is 8.44. The summed E-state index contributed by atoms with van der Waals surface area (Å²) < 4.78 is 5.32. The first-order valence-electron chi connectivity index (χ1n) is 6.19. The average molecular weight is 253 g/mol. The second kappa shape index (κ2) is 4.68. The highest BCUT2D eigenvalue weighted by atomic mass is 16.4. The van der Waals surface area contributed by atoms with E-state index in [1.807, 2.05) is 13.8 Å². The molecule has 6 heteroatoms. The van der Waals surface area contributed by atoms with E-state index in [-0.39, 0.29) is 5.92 Å². The molecule has 0 aliphatic carbocycles. The minimum Gasteiger partial charge on any atom is -0.481 e. The van der Waals surface area contributed by atoms with Crippen molar-refractivity contribution in [3.05, 3.63) is 11.8 Å². The molecule has 1 saturated heterocycles. The van der Waals surface area contributed by atoms with Crippen LogP contribution < -0.4 is 0 Å². The number of rotatable bonds is 4. The predicted molar refractivity (Wildman–Crippen MR) is 63.8 cm³/mol. The molecule has 2 rings (SSSR count). The van der Waals surface area contributed by atoms with Gasteiger partial charge in [0.1, 0.15) is 0 Å². The number of carboxylic acid groups (broad SMARTS) is 1. The second-order valence-electron chi connectivity index (χ2n) is 5.29. The van der Waals surface area contributed by atoms with E-state index in [9.17, 15) is 9.90 Å². The van der Waals surface area contributed by atoms with Crippen LogP contribution in [-0.2, 0) is 11.3 Å². The molecule has 2 heterocycles. The van der Waals surface area contributed by atoms with Crippen LogP contribution in [0.15, 0.2) is 4.42 Å². The van der Waals surface area contributed by atoms with Gasteiger partial charge in [0.2, 0.25) is 11.8 Å². The standard InChI is InChI=1S/C12H19N3O3/c1-8(2)12(11(16)17)4-5-15(7-12)6-10-14-13-9(3)18-10/h8H,4-7H2,1-3H3,(H,16,17). The lowest BCUT2D eigenvalue weighted by Gasteiger charge is -2.28. The summed E-state index contributed by atoms with van der Waals surface area (Å²) in [5.74, 6) is 0.501. The van der Waals surface area contributed by atoms with E-state index in [2.05, 4.69) is 15.1 Å². The molecule has 6 nitrogen and oxygen atoms in total. The Bertz CT molecular complexity index is 444. The largest absolute Gasteiger partial charge is 0.481 e. The number of carboxylic acids is 1. The Morgan fingerprint density at radius 3 is 2.72 bits per heavy atom. The minimum absolute atomic E-state index is 0.115. The van der Waals surface area contributed by atoms with Crippen LogP contribution >= 0.6 is 0 Å². The topological polar surface area (TPSA) is 79.5 Å². The minimum atomic E-state index is -0.707. The van der Waals surface area contributed by atoms with Crippen LogP contribution in [-0.4, -0.2) is 39.3 Å². The summed E-state index contributed by atoms with van der Waals surface area (Å²) in [6.07, 6.45) is 0.674. The van der Waals surface area contributed by atoms with Crippen molar-refractivity contribution < 1.29 is 14.3 Å². The van der Waals surface area contributed by atoms with Crippen LogP contribution in [0.4, 0.5) is 0 Å². The molecule has 1 fully saturated rings. The van der Waals surface area contributed by atoms with E-state index in [1.54, 1.807) is 6.92 Å². The quantitative estimate of drug-likeness (QED) is 0.871. The molecule has 18 heavy (non-hydrogen) atoms. The van der Waals surface area contributed by atoms with Crippen molar-refractivity contribution in [2.75, 3.05) is 13.1 Å². The van der Waals surface area contributed by atoms with Crippen molar-refractivity contribution >= 4 is 5.97 Å². The molecule has 0 amide bonds. The fraction of sp³-hybridized carbons (Fsp3) is 0.750. The number of hydrogen-bond acceptors (Lipinski definition) is 5. The summed E-state index contributed by atoms with van der Waals surface area (Å²) in [4.78, 5) is 13.6. The third-order valence-corrected chi connectivity index (χ3v) is 3.84. The molecule has 0 saturated carbocycles. The molecular weight excluding hydrogens is 234 g/mol. The number of aromatic nitrogens is 2. The Morgan fingerprint density at radius 2 is 2.28 bits per heavy atom. The highest BCUT2D eigenvalue weighted by molar-refractivity contribution is 5.75. The lowest BCUT2D eigenvalue weighted by Crippen LogP contribution is -2.39. The number of carbonyl (C=O) groups is 1. The molecule has 1 aromatic heterocycles. The summed E-state index contributed by atoms with van der Waals surface area (Å²) in [5, 5.41) is 17.2. The number of aryl methyl sites for hydroxylation is 1. The normalized spacial score (nSPS) is 24.9. The smallest absolute Gasteiger partial charge is 0.311 e. The van der Waals surface area contributed by atoms with Crippen molar-refractivity contribution in [1.29, 1.82) is 0 Å². The van der Waals surface area contributed by atoms with E-state index >= 15 is 0 Å². The van der Waals surface area contributed by atoms with Crippen LogP contribution in [0, 0.1) is 18.3 Å². The van der Waals surface area contributed by atoms with Crippen LogP contribution in [0.5, 0.6) is 0 Å². The molecule has 1 aliphatic heterocycles. The third kappa shape index (κ3) is 2.25. The molecular formula is C12H19N3O3. The van der Waals surface area contributed by atoms with Gasteiger partial charge in [0.25, 0.3) is 0 Å². The van der Waals surface area contributed by atoms with Gasteiger partial charge in [-0.1, -0.05) is 13.8 Å². The SMILES string of the molecule is Cc1nnc(CN2CCC(C(=O)O)(C(C)C)C2)o1. The molecule has 1 unspecified atom stereocenters. The van der Waals surface area contributed by atoms with Crippen molar-refractivity contribution in [3.63, 3.8) is 0 Å². The van der Waals surface area contributed by atoms with Crippen LogP contribution in [0.2, 0.25) is 0 Å². The Kier molecular flexibility index (Phi) is 3.38. The van der Waals surface area contributed by atoms with E-state index in [0.717, 1.165) is 6.54 Å². The van der Waals surface area contributed by atoms with Gasteiger partial charge in [-0.2, -0.15) is 0 Å². The Hall–Kier alpha value is -1.43. The zero-order chi connectivity index (χ0) is 13.3. The van der Waals surface area contributed by atoms with Gasteiger partial charge in [-0.15, -0.1) is 10.2 Å². The van der Waals surface area contributed by atoms with E-state index in [0.29, 0.717) is 31.3 Å². The Labute approximate surface area is 106 Å². The molecule has 1 aliphatic rings. The molecule has 100 valence electrons. The summed E-state index contributed by atoms with van der Waals surface area (Å²) >= 11 is 0. The van der Waals surface area contributed by atoms with E-state index in [1.165, 1.54) is 0 Å². The molecule has 1 N–H and O–H groups in total. The van der Waals surface area contributed by atoms with Crippen LogP contribution in [0.1, 0.15) is 32.0 Å². The zero-order valence-corrected chi connectivity index (χ0v) is 11.0. The fourth-order valence-corrected chi connectivity index (χ4v) is 2.54. The second-order valence-corrected chi connectivity index (χ2v) is 5.29. The van der Waals surface area contributed by atoms with Gasteiger partial charge in [0, 0.05) is 13.5 Å². The molecule has 0 bridgehead atoms. The van der Waals surface area contributed by atoms with Crippen molar-refractivity contribution in [2.45, 2.75) is 33.7 Å². The maximum absolute atomic E-state index is 11.5. The Balaban J connectivity index is 2.05. The van der Waals surface area contributed by atoms with Gasteiger partial charge in [0.15, 0.2) is 0 Å². The lowest BCUT2D eigenvalue weighted by molar-refractivity contribution is -0.151. The Morgan fingerprint density at radius 1 is 1.56 bits per heavy atom. The molecule has 0 spiro atoms. The monoisotopic (exact) mass is 253 g/mol. The van der Waals surface area contributed by atoms with Gasteiger partial charge in [-0.3, -0.25) is 9.69 Å². The predicted octanol–water partition coefficient (Wildman–Crippen LogP) is 1.31. The maximum atomic E-state index is 11.5. The maximum Gasteiger partial charge on any atom is 0.311 e. The van der Waals surface area contributed by atoms with Crippen LogP contribution in [0.25, 0.3) is 0 Å². The van der Waals surface area contributed by atoms with Crippen molar-refractivity contribution in [1.82, 2.24) is 15.1 Å². The highest BCUT2D eigenvalue weighted by Crippen LogP contribution is 2.38. The highest BCUT2D eigenvalue weighted by Gasteiger charge is 2.47. The van der Waals surface area contributed by atoms with Crippen molar-refractivity contribution in [3.8, 4) is 0 Å². The zero-order valence-electron chi connectivity index (χ0n) is 11.0. The number of nitrogens with zero attached hydrogens (tertiary/aromatic N) is 3. The van der Waals surface area contributed by atoms with Gasteiger partial charge in [0.05, 0.1) is 12.0 Å². The summed E-state index contributed by atoms with van der Waals surface area (Å²) in [6.45, 7) is 7.51. The fourth-order valence-electron chi connectivity index (χ4n) is 2.54. The first kappa shape index (κ1) is 13.0. The average Bonchev–Trinajstić information content (AvgIpc) is 2.86. The molecule has 0 radical (unpaired) electrons. The van der Waals surface area contributed by atoms with Gasteiger partial charge < -0.3 is 9.52 Å². The third-order valence-electron chi connectivity index (χ3n) is 3.84.